The molecule has 35 heavy (non-hydrogen) atoms. The number of amides is 1. The van der Waals surface area contributed by atoms with Crippen LogP contribution >= 0.6 is 12.3 Å². The molecule has 1 N–H and O–H groups in total. The van der Waals surface area contributed by atoms with E-state index in [-0.39, 0.29) is 12.3 Å². The number of hydrogen-bond donors (Lipinski definition) is 1. The van der Waals surface area contributed by atoms with Crippen molar-refractivity contribution in [1.82, 2.24) is 24.5 Å². The van der Waals surface area contributed by atoms with Crippen molar-refractivity contribution in [2.24, 2.45) is 5.92 Å². The van der Waals surface area contributed by atoms with Gasteiger partial charge in [0.25, 0.3) is 0 Å². The second-order valence-electron chi connectivity index (χ2n) is 8.08. The zero-order chi connectivity index (χ0) is 24.6. The van der Waals surface area contributed by atoms with Gasteiger partial charge in [0.2, 0.25) is 0 Å². The molecule has 0 saturated carbocycles. The third-order valence-corrected chi connectivity index (χ3v) is 5.34. The molecular formula is C25H24FN5O3S. The first-order chi connectivity index (χ1) is 17.0. The molecule has 0 radical (unpaired) electrons. The quantitative estimate of drug-likeness (QED) is 0.319. The summed E-state index contributed by atoms with van der Waals surface area (Å²) in [5.41, 5.74) is 2.91. The Labute approximate surface area is 206 Å². The average Bonchev–Trinajstić information content (AvgIpc) is 3.36. The molecule has 4 rings (SSSR count). The molecule has 8 nitrogen and oxygen atoms in total. The summed E-state index contributed by atoms with van der Waals surface area (Å²) in [5, 5.41) is 6.58. The Morgan fingerprint density at radius 3 is 2.69 bits per heavy atom. The first-order valence-corrected chi connectivity index (χ1v) is 11.6. The SMILES string of the molecule is CC(C)CNC(=O)Oc1ccc(OCc2ccccc2)c(-c2cncc(-c3ncnn3SF)c2)c1. The highest BCUT2D eigenvalue weighted by Crippen LogP contribution is 2.35. The van der Waals surface area contributed by atoms with Gasteiger partial charge in [-0.25, -0.2) is 9.78 Å². The number of hydrogen-bond acceptors (Lipinski definition) is 7. The van der Waals surface area contributed by atoms with E-state index in [1.165, 1.54) is 6.33 Å². The fourth-order valence-corrected chi connectivity index (χ4v) is 3.56. The van der Waals surface area contributed by atoms with Crippen molar-refractivity contribution in [3.63, 3.8) is 0 Å². The van der Waals surface area contributed by atoms with E-state index in [9.17, 15) is 8.68 Å². The summed E-state index contributed by atoms with van der Waals surface area (Å²) >= 11 is -0.0506. The normalized spacial score (nSPS) is 10.9. The first kappa shape index (κ1) is 24.2. The number of carbonyl (C=O) groups excluding carboxylic acids is 1. The van der Waals surface area contributed by atoms with E-state index in [1.807, 2.05) is 44.2 Å². The van der Waals surface area contributed by atoms with Crippen molar-refractivity contribution >= 4 is 18.4 Å². The maximum Gasteiger partial charge on any atom is 0.412 e. The van der Waals surface area contributed by atoms with Gasteiger partial charge < -0.3 is 14.8 Å². The van der Waals surface area contributed by atoms with Gasteiger partial charge in [0.1, 0.15) is 24.4 Å². The van der Waals surface area contributed by atoms with Crippen molar-refractivity contribution in [3.05, 3.63) is 78.9 Å². The minimum absolute atomic E-state index is 0.0506. The van der Waals surface area contributed by atoms with Crippen LogP contribution < -0.4 is 14.8 Å². The monoisotopic (exact) mass is 493 g/mol. The van der Waals surface area contributed by atoms with Crippen molar-refractivity contribution in [1.29, 1.82) is 0 Å². The van der Waals surface area contributed by atoms with E-state index >= 15 is 0 Å². The summed E-state index contributed by atoms with van der Waals surface area (Å²) in [5.74, 6) is 1.54. The van der Waals surface area contributed by atoms with Crippen molar-refractivity contribution in [3.8, 4) is 34.0 Å². The number of ether oxygens (including phenoxy) is 2. The Bertz CT molecular complexity index is 1280. The van der Waals surface area contributed by atoms with Crippen LogP contribution in [0.25, 0.3) is 22.5 Å². The molecule has 0 aliphatic carbocycles. The summed E-state index contributed by atoms with van der Waals surface area (Å²) in [6, 6.07) is 16.7. The molecular weight excluding hydrogens is 469 g/mol. The van der Waals surface area contributed by atoms with Crippen molar-refractivity contribution < 1.29 is 18.2 Å². The van der Waals surface area contributed by atoms with Gasteiger partial charge in [0.05, 0.1) is 0 Å². The smallest absolute Gasteiger partial charge is 0.412 e. The number of nitrogens with one attached hydrogen (secondary N) is 1. The van der Waals surface area contributed by atoms with Gasteiger partial charge in [0, 0.05) is 35.6 Å². The Hall–Kier alpha value is -3.92. The molecule has 0 aliphatic heterocycles. The summed E-state index contributed by atoms with van der Waals surface area (Å²) in [6.07, 6.45) is 3.96. The fourth-order valence-electron chi connectivity index (χ4n) is 3.27. The number of nitrogens with zero attached hydrogens (tertiary/aromatic N) is 4. The average molecular weight is 494 g/mol. The van der Waals surface area contributed by atoms with Crippen LogP contribution in [0, 0.1) is 5.92 Å². The number of carbonyl (C=O) groups is 1. The number of pyridine rings is 1. The lowest BCUT2D eigenvalue weighted by atomic mass is 10.0. The van der Waals surface area contributed by atoms with Crippen LogP contribution in [0.1, 0.15) is 19.4 Å². The minimum Gasteiger partial charge on any atom is -0.488 e. The summed E-state index contributed by atoms with van der Waals surface area (Å²) in [7, 11) is 0. The largest absolute Gasteiger partial charge is 0.488 e. The molecule has 2 aromatic heterocycles. The molecule has 0 atom stereocenters. The van der Waals surface area contributed by atoms with Gasteiger partial charge in [0.15, 0.2) is 18.2 Å². The fraction of sp³-hybridized carbons (Fsp3) is 0.200. The highest BCUT2D eigenvalue weighted by atomic mass is 32.2. The van der Waals surface area contributed by atoms with E-state index in [2.05, 4.69) is 20.4 Å². The van der Waals surface area contributed by atoms with Crippen LogP contribution in [0.5, 0.6) is 11.5 Å². The molecule has 0 spiro atoms. The van der Waals surface area contributed by atoms with E-state index in [0.29, 0.717) is 53.1 Å². The second-order valence-corrected chi connectivity index (χ2v) is 8.57. The number of halogens is 1. The van der Waals surface area contributed by atoms with Gasteiger partial charge in [-0.3, -0.25) is 4.98 Å². The Morgan fingerprint density at radius 1 is 1.11 bits per heavy atom. The topological polar surface area (TPSA) is 91.2 Å². The van der Waals surface area contributed by atoms with Crippen LogP contribution in [0.3, 0.4) is 0 Å². The molecule has 10 heteroatoms. The highest BCUT2D eigenvalue weighted by Gasteiger charge is 2.15. The van der Waals surface area contributed by atoms with Crippen LogP contribution in [0.15, 0.2) is 73.3 Å². The molecule has 0 fully saturated rings. The van der Waals surface area contributed by atoms with Gasteiger partial charge in [-0.2, -0.15) is 4.09 Å². The highest BCUT2D eigenvalue weighted by molar-refractivity contribution is 7.92. The Kier molecular flexibility index (Phi) is 7.94. The van der Waals surface area contributed by atoms with Crippen LogP contribution in [0.2, 0.25) is 0 Å². The summed E-state index contributed by atoms with van der Waals surface area (Å²) in [4.78, 5) is 20.6. The third-order valence-electron chi connectivity index (χ3n) is 4.94. The van der Waals surface area contributed by atoms with Gasteiger partial charge in [-0.05, 0) is 35.7 Å². The lowest BCUT2D eigenvalue weighted by Crippen LogP contribution is -2.30. The molecule has 0 unspecified atom stereocenters. The zero-order valence-electron chi connectivity index (χ0n) is 19.2. The lowest BCUT2D eigenvalue weighted by molar-refractivity contribution is 0.199. The lowest BCUT2D eigenvalue weighted by Gasteiger charge is -2.15. The number of aromatic nitrogens is 4. The van der Waals surface area contributed by atoms with Crippen molar-refractivity contribution in [2.45, 2.75) is 20.5 Å². The maximum absolute atomic E-state index is 13.2. The summed E-state index contributed by atoms with van der Waals surface area (Å²) < 4.78 is 25.9. The van der Waals surface area contributed by atoms with E-state index < -0.39 is 6.09 Å². The predicted octanol–water partition coefficient (Wildman–Crippen LogP) is 5.71. The second kappa shape index (κ2) is 11.5. The van der Waals surface area contributed by atoms with E-state index in [1.54, 1.807) is 36.7 Å². The molecule has 180 valence electrons. The van der Waals surface area contributed by atoms with E-state index in [0.717, 1.165) is 9.65 Å². The van der Waals surface area contributed by atoms with Gasteiger partial charge in [-0.1, -0.05) is 44.2 Å². The molecule has 0 saturated heterocycles. The minimum atomic E-state index is -0.539. The Morgan fingerprint density at radius 2 is 1.91 bits per heavy atom. The van der Waals surface area contributed by atoms with E-state index in [4.69, 9.17) is 9.47 Å². The third kappa shape index (κ3) is 6.36. The summed E-state index contributed by atoms with van der Waals surface area (Å²) in [6.45, 7) is 4.85. The Balaban J connectivity index is 1.66. The van der Waals surface area contributed by atoms with Crippen molar-refractivity contribution in [2.75, 3.05) is 6.54 Å². The maximum atomic E-state index is 13.2. The van der Waals surface area contributed by atoms with Crippen LogP contribution in [-0.2, 0) is 6.61 Å². The standard InChI is InChI=1S/C25H24FN5O3S/c1-17(2)12-28-25(32)34-21-8-9-23(33-15-18-6-4-3-5-7-18)22(11-21)19-10-20(14-27-13-19)24-29-16-30-31(24)35-26/h3-11,13-14,16-17H,12,15H2,1-2H3,(H,28,32). The van der Waals surface area contributed by atoms with Crippen LogP contribution in [-0.4, -0.2) is 31.8 Å². The van der Waals surface area contributed by atoms with Crippen LogP contribution in [0.4, 0.5) is 8.68 Å². The number of rotatable bonds is 9. The van der Waals surface area contributed by atoms with Gasteiger partial charge >= 0.3 is 6.09 Å². The molecule has 0 aliphatic rings. The first-order valence-electron chi connectivity index (χ1n) is 10.9. The predicted molar refractivity (Wildman–Crippen MR) is 132 cm³/mol. The number of benzene rings is 2. The molecule has 2 aromatic carbocycles. The van der Waals surface area contributed by atoms with Gasteiger partial charge in [-0.15, -0.1) is 8.98 Å². The zero-order valence-corrected chi connectivity index (χ0v) is 20.0. The molecule has 0 bridgehead atoms. The molecule has 1 amide bonds. The molecule has 2 heterocycles. The molecule has 4 aromatic rings.